The van der Waals surface area contributed by atoms with E-state index in [9.17, 15) is 30.6 Å². The Balaban J connectivity index is 2.08. The number of hydrogen-bond acceptors (Lipinski definition) is 10. The van der Waals surface area contributed by atoms with Crippen molar-refractivity contribution in [3.8, 4) is 0 Å². The fourth-order valence-electron chi connectivity index (χ4n) is 2.54. The first-order valence-electron chi connectivity index (χ1n) is 6.97. The van der Waals surface area contributed by atoms with Gasteiger partial charge in [0.2, 0.25) is 0 Å². The molecule has 0 aromatic rings. The Morgan fingerprint density at radius 2 is 1.55 bits per heavy atom. The third kappa shape index (κ3) is 3.57. The average molecular weight is 326 g/mol. The quantitative estimate of drug-likeness (QED) is 0.268. The van der Waals surface area contributed by atoms with Gasteiger partial charge in [0.15, 0.2) is 12.6 Å². The molecule has 0 aromatic carbocycles. The largest absolute Gasteiger partial charge is 0.394 e. The lowest BCUT2D eigenvalue weighted by Gasteiger charge is -2.44. The summed E-state index contributed by atoms with van der Waals surface area (Å²) in [7, 11) is 0. The van der Waals surface area contributed by atoms with Crippen molar-refractivity contribution >= 4 is 0 Å². The molecule has 0 saturated carbocycles. The molecule has 7 N–H and O–H groups in total. The van der Waals surface area contributed by atoms with Crippen LogP contribution in [0.5, 0.6) is 0 Å². The van der Waals surface area contributed by atoms with E-state index in [-0.39, 0.29) is 6.42 Å². The van der Waals surface area contributed by atoms with Crippen LogP contribution >= 0.6 is 0 Å². The fourth-order valence-corrected chi connectivity index (χ4v) is 2.54. The normalized spacial score (nSPS) is 50.0. The molecule has 2 aliphatic heterocycles. The first-order valence-corrected chi connectivity index (χ1v) is 6.97. The Labute approximate surface area is 126 Å². The topological polar surface area (TPSA) is 169 Å². The van der Waals surface area contributed by atoms with Crippen LogP contribution in [0.4, 0.5) is 0 Å². The van der Waals surface area contributed by atoms with E-state index in [2.05, 4.69) is 0 Å². The molecule has 0 bridgehead atoms. The van der Waals surface area contributed by atoms with Crippen molar-refractivity contribution < 1.29 is 50.0 Å². The third-order valence-corrected chi connectivity index (χ3v) is 3.84. The zero-order valence-electron chi connectivity index (χ0n) is 11.7. The van der Waals surface area contributed by atoms with Crippen molar-refractivity contribution in [1.29, 1.82) is 0 Å². The molecule has 2 aliphatic rings. The molecule has 0 aromatic heterocycles. The summed E-state index contributed by atoms with van der Waals surface area (Å²) >= 11 is 0. The molecule has 0 radical (unpaired) electrons. The maximum absolute atomic E-state index is 9.94. The van der Waals surface area contributed by atoms with Crippen LogP contribution in [-0.2, 0) is 14.2 Å². The minimum atomic E-state index is -1.69. The minimum Gasteiger partial charge on any atom is -0.394 e. The predicted molar refractivity (Wildman–Crippen MR) is 67.2 cm³/mol. The van der Waals surface area contributed by atoms with Gasteiger partial charge in [0.1, 0.15) is 30.5 Å². The second kappa shape index (κ2) is 7.45. The first-order chi connectivity index (χ1) is 10.4. The van der Waals surface area contributed by atoms with Crippen LogP contribution in [0, 0.1) is 0 Å². The fraction of sp³-hybridized carbons (Fsp3) is 1.00. The number of aliphatic hydroxyl groups is 7. The van der Waals surface area contributed by atoms with Gasteiger partial charge in [0.05, 0.1) is 25.4 Å². The molecular formula is C12H22O10. The van der Waals surface area contributed by atoms with Crippen molar-refractivity contribution in [2.45, 2.75) is 61.7 Å². The van der Waals surface area contributed by atoms with Gasteiger partial charge in [-0.05, 0) is 0 Å². The summed E-state index contributed by atoms with van der Waals surface area (Å²) in [5, 5.41) is 66.8. The number of ether oxygens (including phenoxy) is 3. The Kier molecular flexibility index (Phi) is 6.07. The molecule has 2 saturated heterocycles. The Hall–Kier alpha value is -0.400. The Morgan fingerprint density at radius 3 is 2.14 bits per heavy atom. The van der Waals surface area contributed by atoms with Crippen molar-refractivity contribution in [2.24, 2.45) is 0 Å². The van der Waals surface area contributed by atoms with Crippen molar-refractivity contribution in [1.82, 2.24) is 0 Å². The van der Waals surface area contributed by atoms with E-state index in [4.69, 9.17) is 19.3 Å². The van der Waals surface area contributed by atoms with Gasteiger partial charge in [0.25, 0.3) is 0 Å². The van der Waals surface area contributed by atoms with Gasteiger partial charge in [-0.1, -0.05) is 0 Å². The summed E-state index contributed by atoms with van der Waals surface area (Å²) in [5.41, 5.74) is 0. The number of rotatable bonds is 4. The molecule has 2 fully saturated rings. The third-order valence-electron chi connectivity index (χ3n) is 3.84. The SMILES string of the molecule is OC[C@@H]1C[C@H](O)[C@@H](O)[C@H](O[C@H]2[C@H](O)[C@@H](O)C(O)O[C@@H]2CO)O1. The lowest BCUT2D eigenvalue weighted by molar-refractivity contribution is -0.344. The van der Waals surface area contributed by atoms with Gasteiger partial charge in [-0.2, -0.15) is 0 Å². The van der Waals surface area contributed by atoms with Crippen molar-refractivity contribution in [3.63, 3.8) is 0 Å². The van der Waals surface area contributed by atoms with E-state index in [0.29, 0.717) is 0 Å². The van der Waals surface area contributed by atoms with Crippen LogP contribution in [0.15, 0.2) is 0 Å². The average Bonchev–Trinajstić information content (AvgIpc) is 2.51. The molecule has 0 aliphatic carbocycles. The summed E-state index contributed by atoms with van der Waals surface area (Å²) in [6, 6.07) is 0. The molecule has 1 unspecified atom stereocenters. The predicted octanol–water partition coefficient (Wildman–Crippen LogP) is -4.37. The summed E-state index contributed by atoms with van der Waals surface area (Å²) in [4.78, 5) is 0. The summed E-state index contributed by atoms with van der Waals surface area (Å²) in [5.74, 6) is 0. The molecule has 0 spiro atoms. The molecule has 2 heterocycles. The number of aliphatic hydroxyl groups excluding tert-OH is 7. The summed E-state index contributed by atoms with van der Waals surface area (Å²) < 4.78 is 15.5. The maximum Gasteiger partial charge on any atom is 0.186 e. The second-order valence-corrected chi connectivity index (χ2v) is 5.43. The maximum atomic E-state index is 9.94. The van der Waals surface area contributed by atoms with E-state index >= 15 is 0 Å². The van der Waals surface area contributed by atoms with Gasteiger partial charge in [-0.15, -0.1) is 0 Å². The van der Waals surface area contributed by atoms with E-state index in [1.165, 1.54) is 0 Å². The molecule has 22 heavy (non-hydrogen) atoms. The molecule has 9 atom stereocenters. The van der Waals surface area contributed by atoms with Crippen LogP contribution in [0.2, 0.25) is 0 Å². The lowest BCUT2D eigenvalue weighted by Crippen LogP contribution is -2.62. The summed E-state index contributed by atoms with van der Waals surface area (Å²) in [6.07, 6.45) is -12.3. The highest BCUT2D eigenvalue weighted by atomic mass is 16.7. The van der Waals surface area contributed by atoms with Gasteiger partial charge in [-0.3, -0.25) is 0 Å². The first kappa shape index (κ1) is 17.9. The highest BCUT2D eigenvalue weighted by Crippen LogP contribution is 2.28. The molecule has 10 nitrogen and oxygen atoms in total. The zero-order valence-corrected chi connectivity index (χ0v) is 11.7. The van der Waals surface area contributed by atoms with Crippen LogP contribution in [0.3, 0.4) is 0 Å². The van der Waals surface area contributed by atoms with Crippen LogP contribution < -0.4 is 0 Å². The number of hydrogen-bond donors (Lipinski definition) is 7. The van der Waals surface area contributed by atoms with Crippen molar-refractivity contribution in [3.05, 3.63) is 0 Å². The van der Waals surface area contributed by atoms with E-state index < -0.39 is 68.5 Å². The van der Waals surface area contributed by atoms with Gasteiger partial charge < -0.3 is 50.0 Å². The monoisotopic (exact) mass is 326 g/mol. The van der Waals surface area contributed by atoms with Gasteiger partial charge >= 0.3 is 0 Å². The van der Waals surface area contributed by atoms with E-state index in [0.717, 1.165) is 0 Å². The highest BCUT2D eigenvalue weighted by Gasteiger charge is 2.48. The van der Waals surface area contributed by atoms with Crippen LogP contribution in [-0.4, -0.2) is 104 Å². The Morgan fingerprint density at radius 1 is 0.864 bits per heavy atom. The van der Waals surface area contributed by atoms with Crippen LogP contribution in [0.25, 0.3) is 0 Å². The summed E-state index contributed by atoms with van der Waals surface area (Å²) in [6.45, 7) is -1.03. The van der Waals surface area contributed by atoms with Gasteiger partial charge in [0, 0.05) is 6.42 Å². The standard InChI is InChI=1S/C12H22O10/c13-2-4-1-5(15)7(16)12(20-4)22-10-6(3-14)21-11(19)9(18)8(10)17/h4-19H,1-3H2/t4-,5-,6+,7+,8+,9+,10+,11?,12-/m0/s1. The van der Waals surface area contributed by atoms with Crippen molar-refractivity contribution in [2.75, 3.05) is 13.2 Å². The van der Waals surface area contributed by atoms with Crippen LogP contribution in [0.1, 0.15) is 6.42 Å². The molecule has 0 amide bonds. The zero-order chi connectivity index (χ0) is 16.4. The second-order valence-electron chi connectivity index (χ2n) is 5.43. The Bertz CT molecular complexity index is 353. The smallest absolute Gasteiger partial charge is 0.186 e. The lowest BCUT2D eigenvalue weighted by atomic mass is 9.98. The molecule has 10 heteroatoms. The highest BCUT2D eigenvalue weighted by molar-refractivity contribution is 4.91. The minimum absolute atomic E-state index is 0.00597. The van der Waals surface area contributed by atoms with E-state index in [1.807, 2.05) is 0 Å². The van der Waals surface area contributed by atoms with Gasteiger partial charge in [-0.25, -0.2) is 0 Å². The molecule has 2 rings (SSSR count). The molecular weight excluding hydrogens is 304 g/mol. The molecule has 130 valence electrons. The van der Waals surface area contributed by atoms with E-state index in [1.54, 1.807) is 0 Å².